The Bertz CT molecular complexity index is 1170. The first kappa shape index (κ1) is 20.2. The van der Waals surface area contributed by atoms with E-state index in [1.165, 1.54) is 35.4 Å². The van der Waals surface area contributed by atoms with Crippen LogP contribution in [0.2, 0.25) is 0 Å². The van der Waals surface area contributed by atoms with Gasteiger partial charge in [-0.25, -0.2) is 0 Å². The van der Waals surface area contributed by atoms with Crippen molar-refractivity contribution in [2.45, 2.75) is 4.90 Å². The zero-order chi connectivity index (χ0) is 20.1. The Labute approximate surface area is 170 Å². The molecule has 7 nitrogen and oxygen atoms in total. The zero-order valence-electron chi connectivity index (χ0n) is 14.7. The summed E-state index contributed by atoms with van der Waals surface area (Å²) in [5.41, 5.74) is 2.02. The summed E-state index contributed by atoms with van der Waals surface area (Å²) in [5, 5.41) is 3.97. The van der Waals surface area contributed by atoms with Crippen molar-refractivity contribution in [2.75, 3.05) is 12.9 Å². The fraction of sp³-hybridized carbons (Fsp3) is 0.111. The largest absolute Gasteiger partial charge is 0.472 e. The average Bonchev–Trinajstić information content (AvgIpc) is 3.29. The fourth-order valence-corrected chi connectivity index (χ4v) is 4.67. The Kier molecular flexibility index (Phi) is 6.22. The van der Waals surface area contributed by atoms with Crippen LogP contribution in [0.25, 0.3) is 10.2 Å². The van der Waals surface area contributed by atoms with E-state index in [9.17, 15) is 13.2 Å². The maximum Gasteiger partial charge on any atom is 0.286 e. The first-order chi connectivity index (χ1) is 13.5. The van der Waals surface area contributed by atoms with E-state index < -0.39 is 10.0 Å². The minimum absolute atomic E-state index is 0.0663. The van der Waals surface area contributed by atoms with Gasteiger partial charge in [-0.15, -0.1) is 9.50 Å². The molecule has 28 heavy (non-hydrogen) atoms. The van der Waals surface area contributed by atoms with E-state index in [0.717, 1.165) is 10.2 Å². The molecule has 3 aromatic rings. The summed E-state index contributed by atoms with van der Waals surface area (Å²) in [4.78, 5) is 11.6. The third-order valence-electron chi connectivity index (χ3n) is 3.62. The molecule has 1 aromatic heterocycles. The van der Waals surface area contributed by atoms with Crippen LogP contribution in [0.3, 0.4) is 0 Å². The van der Waals surface area contributed by atoms with Crippen LogP contribution < -0.4 is 0 Å². The van der Waals surface area contributed by atoms with Gasteiger partial charge in [0.25, 0.3) is 10.0 Å². The van der Waals surface area contributed by atoms with Crippen molar-refractivity contribution >= 4 is 54.5 Å². The quantitative estimate of drug-likeness (QED) is 0.583. The van der Waals surface area contributed by atoms with Crippen molar-refractivity contribution in [3.8, 4) is 0 Å². The molecule has 0 atom stereocenters. The number of aromatic nitrogens is 2. The van der Waals surface area contributed by atoms with Gasteiger partial charge in [-0.3, -0.25) is 4.79 Å². The Morgan fingerprint density at radius 2 is 2.04 bits per heavy atom. The van der Waals surface area contributed by atoms with E-state index in [-0.39, 0.29) is 22.5 Å². The first-order valence-electron chi connectivity index (χ1n) is 7.95. The van der Waals surface area contributed by atoms with Gasteiger partial charge in [-0.1, -0.05) is 47.1 Å². The van der Waals surface area contributed by atoms with Gasteiger partial charge in [0.2, 0.25) is 11.0 Å². The van der Waals surface area contributed by atoms with Crippen LogP contribution in [-0.2, 0) is 14.8 Å². The second-order valence-corrected chi connectivity index (χ2v) is 8.49. The summed E-state index contributed by atoms with van der Waals surface area (Å²) < 4.78 is 36.5. The van der Waals surface area contributed by atoms with Crippen LogP contribution in [0.1, 0.15) is 15.9 Å². The summed E-state index contributed by atoms with van der Waals surface area (Å²) in [6.45, 7) is 3.72. The van der Waals surface area contributed by atoms with Gasteiger partial charge in [0, 0.05) is 5.56 Å². The van der Waals surface area contributed by atoms with Gasteiger partial charge in [-0.2, -0.15) is 8.42 Å². The van der Waals surface area contributed by atoms with E-state index in [1.54, 1.807) is 30.5 Å². The van der Waals surface area contributed by atoms with Crippen molar-refractivity contribution < 1.29 is 17.9 Å². The van der Waals surface area contributed by atoms with Crippen LogP contribution in [-0.4, -0.2) is 41.9 Å². The van der Waals surface area contributed by atoms with Gasteiger partial charge < -0.3 is 4.74 Å². The zero-order valence-corrected chi connectivity index (χ0v) is 17.2. The molecule has 1 aliphatic rings. The molecule has 0 spiro atoms. The summed E-state index contributed by atoms with van der Waals surface area (Å²) in [6, 6.07) is 12.1. The smallest absolute Gasteiger partial charge is 0.286 e. The van der Waals surface area contributed by atoms with E-state index in [2.05, 4.69) is 20.6 Å². The molecule has 0 radical (unpaired) electrons. The topological polar surface area (TPSA) is 98.6 Å². The fourth-order valence-electron chi connectivity index (χ4n) is 2.39. The maximum absolute atomic E-state index is 11.5. The van der Waals surface area contributed by atoms with Crippen LogP contribution in [0.5, 0.6) is 0 Å². The van der Waals surface area contributed by atoms with Gasteiger partial charge in [0.15, 0.2) is 0 Å². The number of ether oxygens (including phenoxy) is 1. The molecule has 10 heteroatoms. The van der Waals surface area contributed by atoms with Crippen LogP contribution in [0.4, 0.5) is 0 Å². The average molecular weight is 434 g/mol. The minimum Gasteiger partial charge on any atom is -0.472 e. The number of nitrogens with zero attached hydrogens (tertiary/aromatic N) is 3. The Balaban J connectivity index is 0.000000162. The number of hydrogen-bond donors (Lipinski definition) is 0. The van der Waals surface area contributed by atoms with E-state index in [4.69, 9.17) is 4.74 Å². The van der Waals surface area contributed by atoms with Gasteiger partial charge in [0.05, 0.1) is 10.3 Å². The summed E-state index contributed by atoms with van der Waals surface area (Å²) in [5.74, 6) is 0.144. The number of sulfonamides is 1. The molecule has 0 N–H and O–H groups in total. The Morgan fingerprint density at radius 1 is 1.25 bits per heavy atom. The van der Waals surface area contributed by atoms with E-state index in [0.29, 0.717) is 11.1 Å². The Morgan fingerprint density at radius 3 is 2.79 bits per heavy atom. The lowest BCUT2D eigenvalue weighted by Gasteiger charge is -2.01. The SMILES string of the molecule is C=CCOC1=NS(=O)(=O)c2ccccc21.CSC(=O)c1cccc2nnsc12. The van der Waals surface area contributed by atoms with Crippen molar-refractivity contribution in [1.29, 1.82) is 0 Å². The van der Waals surface area contributed by atoms with E-state index >= 15 is 0 Å². The highest BCUT2D eigenvalue weighted by atomic mass is 32.2. The lowest BCUT2D eigenvalue weighted by molar-refractivity contribution is 0.109. The van der Waals surface area contributed by atoms with Crippen LogP contribution in [0, 0.1) is 0 Å². The predicted molar refractivity (Wildman–Crippen MR) is 112 cm³/mol. The number of benzene rings is 2. The van der Waals surface area contributed by atoms with Gasteiger partial charge >= 0.3 is 0 Å². The third kappa shape index (κ3) is 4.13. The monoisotopic (exact) mass is 433 g/mol. The highest BCUT2D eigenvalue weighted by molar-refractivity contribution is 8.13. The summed E-state index contributed by atoms with van der Waals surface area (Å²) >= 11 is 2.47. The Hall–Kier alpha value is -2.56. The molecule has 0 amide bonds. The number of carbonyl (C=O) groups is 1. The molecule has 0 aliphatic carbocycles. The molecular weight excluding hydrogens is 418 g/mol. The van der Waals surface area contributed by atoms with Gasteiger partial charge in [0.1, 0.15) is 17.0 Å². The van der Waals surface area contributed by atoms with Crippen molar-refractivity contribution in [2.24, 2.45) is 4.40 Å². The third-order valence-corrected chi connectivity index (χ3v) is 6.30. The predicted octanol–water partition coefficient (Wildman–Crippen LogP) is 3.53. The van der Waals surface area contributed by atoms with Crippen molar-refractivity contribution in [3.63, 3.8) is 0 Å². The van der Waals surface area contributed by atoms with E-state index in [1.807, 2.05) is 12.1 Å². The van der Waals surface area contributed by atoms with Crippen LogP contribution >= 0.6 is 23.3 Å². The summed E-state index contributed by atoms with van der Waals surface area (Å²) in [6.07, 6.45) is 3.31. The number of thioether (sulfide) groups is 1. The molecule has 0 saturated carbocycles. The standard InChI is InChI=1S/C10H9NO3S.C8H6N2OS2/c1-2-7-14-10-8-5-3-4-6-9(8)15(12,13)11-10;1-12-8(11)5-3-2-4-6-7(5)13-10-9-6/h2-6H,1,7H2;2-4H,1H3. The second kappa shape index (κ2) is 8.63. The highest BCUT2D eigenvalue weighted by Gasteiger charge is 2.29. The molecule has 0 unspecified atom stereocenters. The molecule has 144 valence electrons. The second-order valence-electron chi connectivity index (χ2n) is 5.39. The minimum atomic E-state index is -3.56. The van der Waals surface area contributed by atoms with Gasteiger partial charge in [-0.05, 0) is 42.1 Å². The molecule has 0 fully saturated rings. The molecule has 0 bridgehead atoms. The highest BCUT2D eigenvalue weighted by Crippen LogP contribution is 2.26. The molecule has 4 rings (SSSR count). The van der Waals surface area contributed by atoms with Crippen LogP contribution in [0.15, 0.2) is 64.4 Å². The normalized spacial score (nSPS) is 13.8. The molecule has 2 heterocycles. The number of rotatable bonds is 3. The van der Waals surface area contributed by atoms with Crippen molar-refractivity contribution in [1.82, 2.24) is 9.59 Å². The summed E-state index contributed by atoms with van der Waals surface area (Å²) in [7, 11) is -3.56. The molecular formula is C18H15N3O4S3. The molecule has 0 saturated heterocycles. The maximum atomic E-state index is 11.5. The number of hydrogen-bond acceptors (Lipinski definition) is 8. The number of fused-ring (bicyclic) bond motifs is 2. The lowest BCUT2D eigenvalue weighted by atomic mass is 10.2. The first-order valence-corrected chi connectivity index (χ1v) is 11.4. The molecule has 2 aromatic carbocycles. The number of carbonyl (C=O) groups excluding carboxylic acids is 1. The lowest BCUT2D eigenvalue weighted by Crippen LogP contribution is -2.03. The van der Waals surface area contributed by atoms with Crippen molar-refractivity contribution in [3.05, 3.63) is 66.2 Å². The molecule has 1 aliphatic heterocycles.